The van der Waals surface area contributed by atoms with Crippen molar-refractivity contribution >= 4 is 5.96 Å². The van der Waals surface area contributed by atoms with Gasteiger partial charge in [-0.25, -0.2) is 4.98 Å². The van der Waals surface area contributed by atoms with Gasteiger partial charge in [-0.15, -0.1) is 0 Å². The Bertz CT molecular complexity index is 844. The highest BCUT2D eigenvalue weighted by Crippen LogP contribution is 2.24. The third kappa shape index (κ3) is 4.91. The Kier molecular flexibility index (Phi) is 6.81. The molecule has 0 saturated carbocycles. The van der Waals surface area contributed by atoms with Gasteiger partial charge in [-0.3, -0.25) is 9.89 Å². The quantitative estimate of drug-likeness (QED) is 0.583. The summed E-state index contributed by atoms with van der Waals surface area (Å²) in [5.74, 6) is 1.56. The first-order chi connectivity index (χ1) is 14.8. The normalized spacial score (nSPS) is 22.1. The molecule has 0 radical (unpaired) electrons. The Morgan fingerprint density at radius 2 is 2.10 bits per heavy atom. The molecule has 1 N–H and O–H groups in total. The van der Waals surface area contributed by atoms with E-state index >= 15 is 0 Å². The lowest BCUT2D eigenvalue weighted by Crippen LogP contribution is -2.50. The molecular formula is C23H31N5O2. The van der Waals surface area contributed by atoms with Crippen molar-refractivity contribution in [1.29, 1.82) is 0 Å². The fraction of sp³-hybridized carbons (Fsp3) is 0.478. The number of pyridine rings is 1. The number of guanidine groups is 1. The van der Waals surface area contributed by atoms with E-state index in [1.807, 2.05) is 26.1 Å². The molecule has 0 bridgehead atoms. The van der Waals surface area contributed by atoms with Crippen LogP contribution < -0.4 is 10.1 Å². The lowest BCUT2D eigenvalue weighted by molar-refractivity contribution is -0.0502. The summed E-state index contributed by atoms with van der Waals surface area (Å²) in [5.41, 5.74) is 2.47. The zero-order valence-corrected chi connectivity index (χ0v) is 17.8. The molecule has 7 heteroatoms. The Morgan fingerprint density at radius 1 is 1.23 bits per heavy atom. The van der Waals surface area contributed by atoms with Crippen LogP contribution in [0.15, 0.2) is 53.7 Å². The average Bonchev–Trinajstić information content (AvgIpc) is 3.21. The predicted octanol–water partition coefficient (Wildman–Crippen LogP) is 2.14. The van der Waals surface area contributed by atoms with Gasteiger partial charge in [0.05, 0.1) is 25.4 Å². The summed E-state index contributed by atoms with van der Waals surface area (Å²) in [6, 6.07) is 15.0. The molecule has 0 aliphatic carbocycles. The molecule has 0 amide bonds. The van der Waals surface area contributed by atoms with E-state index in [2.05, 4.69) is 55.4 Å². The topological polar surface area (TPSA) is 62.2 Å². The number of nitrogens with one attached hydrogen (secondary N) is 1. The van der Waals surface area contributed by atoms with Gasteiger partial charge < -0.3 is 19.7 Å². The van der Waals surface area contributed by atoms with Crippen LogP contribution in [-0.2, 0) is 17.8 Å². The van der Waals surface area contributed by atoms with Gasteiger partial charge in [-0.05, 0) is 24.1 Å². The molecule has 2 aliphatic rings. The number of fused-ring (bicyclic) bond motifs is 1. The highest BCUT2D eigenvalue weighted by molar-refractivity contribution is 5.80. The second kappa shape index (κ2) is 9.91. The molecular weight excluding hydrogens is 378 g/mol. The average molecular weight is 410 g/mol. The standard InChI is InChI=1S/C23H31N5O2/c1-3-29-22-13-19(9-10-25-22)14-26-23(24-2)28-16-20-21(17-28)30-12-11-27(20)15-18-7-5-4-6-8-18/h4-10,13,20-21H,3,11-12,14-17H2,1-2H3,(H,24,26). The van der Waals surface area contributed by atoms with Crippen molar-refractivity contribution in [3.63, 3.8) is 0 Å². The van der Waals surface area contributed by atoms with Crippen molar-refractivity contribution in [2.45, 2.75) is 32.2 Å². The summed E-state index contributed by atoms with van der Waals surface area (Å²) < 4.78 is 11.6. The first kappa shape index (κ1) is 20.6. The number of ether oxygens (including phenoxy) is 2. The minimum atomic E-state index is 0.214. The van der Waals surface area contributed by atoms with E-state index in [1.165, 1.54) is 5.56 Å². The fourth-order valence-corrected chi connectivity index (χ4v) is 4.25. The van der Waals surface area contributed by atoms with Crippen LogP contribution in [-0.4, -0.2) is 72.8 Å². The largest absolute Gasteiger partial charge is 0.478 e. The zero-order chi connectivity index (χ0) is 20.8. The van der Waals surface area contributed by atoms with Crippen LogP contribution in [0.4, 0.5) is 0 Å². The lowest BCUT2D eigenvalue weighted by atomic mass is 10.1. The Morgan fingerprint density at radius 3 is 2.90 bits per heavy atom. The smallest absolute Gasteiger partial charge is 0.213 e. The van der Waals surface area contributed by atoms with Gasteiger partial charge in [-0.2, -0.15) is 0 Å². The first-order valence-electron chi connectivity index (χ1n) is 10.7. The molecule has 30 heavy (non-hydrogen) atoms. The number of aromatic nitrogens is 1. The molecule has 2 atom stereocenters. The third-order valence-corrected chi connectivity index (χ3v) is 5.70. The van der Waals surface area contributed by atoms with Gasteiger partial charge in [0.15, 0.2) is 5.96 Å². The SMILES string of the molecule is CCOc1cc(CNC(=NC)N2CC3OCCN(Cc4ccccc4)C3C2)ccn1. The van der Waals surface area contributed by atoms with E-state index in [1.54, 1.807) is 6.20 Å². The molecule has 2 aromatic rings. The monoisotopic (exact) mass is 409 g/mol. The summed E-state index contributed by atoms with van der Waals surface area (Å²) in [7, 11) is 1.84. The summed E-state index contributed by atoms with van der Waals surface area (Å²) in [5, 5.41) is 3.49. The van der Waals surface area contributed by atoms with Gasteiger partial charge in [0.1, 0.15) is 0 Å². The molecule has 4 rings (SSSR count). The molecule has 160 valence electrons. The number of morpholine rings is 1. The minimum absolute atomic E-state index is 0.214. The summed E-state index contributed by atoms with van der Waals surface area (Å²) in [6.07, 6.45) is 2.00. The van der Waals surface area contributed by atoms with Crippen molar-refractivity contribution in [3.8, 4) is 5.88 Å². The maximum absolute atomic E-state index is 6.11. The maximum atomic E-state index is 6.11. The Labute approximate surface area is 178 Å². The van der Waals surface area contributed by atoms with Gasteiger partial charge in [0, 0.05) is 52.0 Å². The molecule has 2 fully saturated rings. The van der Waals surface area contributed by atoms with E-state index in [9.17, 15) is 0 Å². The van der Waals surface area contributed by atoms with Crippen LogP contribution >= 0.6 is 0 Å². The van der Waals surface area contributed by atoms with Crippen molar-refractivity contribution in [2.24, 2.45) is 4.99 Å². The lowest BCUT2D eigenvalue weighted by Gasteiger charge is -2.36. The van der Waals surface area contributed by atoms with Gasteiger partial charge >= 0.3 is 0 Å². The molecule has 2 aliphatic heterocycles. The predicted molar refractivity (Wildman–Crippen MR) is 118 cm³/mol. The highest BCUT2D eigenvalue weighted by atomic mass is 16.5. The van der Waals surface area contributed by atoms with E-state index in [0.29, 0.717) is 25.1 Å². The summed E-state index contributed by atoms with van der Waals surface area (Å²) in [4.78, 5) is 13.6. The molecule has 2 unspecified atom stereocenters. The van der Waals surface area contributed by atoms with Crippen molar-refractivity contribution in [1.82, 2.24) is 20.1 Å². The molecule has 7 nitrogen and oxygen atoms in total. The second-order valence-electron chi connectivity index (χ2n) is 7.67. The van der Waals surface area contributed by atoms with Crippen molar-refractivity contribution < 1.29 is 9.47 Å². The van der Waals surface area contributed by atoms with Crippen molar-refractivity contribution in [2.75, 3.05) is 39.9 Å². The van der Waals surface area contributed by atoms with E-state index in [-0.39, 0.29) is 6.10 Å². The van der Waals surface area contributed by atoms with Crippen LogP contribution in [0.2, 0.25) is 0 Å². The zero-order valence-electron chi connectivity index (χ0n) is 17.8. The highest BCUT2D eigenvalue weighted by Gasteiger charge is 2.41. The van der Waals surface area contributed by atoms with Gasteiger partial charge in [-0.1, -0.05) is 30.3 Å². The van der Waals surface area contributed by atoms with E-state index in [0.717, 1.165) is 44.3 Å². The maximum Gasteiger partial charge on any atom is 0.213 e. The van der Waals surface area contributed by atoms with Crippen LogP contribution in [0.25, 0.3) is 0 Å². The number of rotatable bonds is 6. The Hall–Kier alpha value is -2.64. The number of nitrogens with zero attached hydrogens (tertiary/aromatic N) is 4. The van der Waals surface area contributed by atoms with Crippen LogP contribution in [0.3, 0.4) is 0 Å². The third-order valence-electron chi connectivity index (χ3n) is 5.70. The van der Waals surface area contributed by atoms with E-state index < -0.39 is 0 Å². The van der Waals surface area contributed by atoms with Gasteiger partial charge in [0.2, 0.25) is 5.88 Å². The number of likely N-dealkylation sites (tertiary alicyclic amines) is 1. The van der Waals surface area contributed by atoms with Crippen molar-refractivity contribution in [3.05, 3.63) is 59.8 Å². The molecule has 3 heterocycles. The number of hydrogen-bond acceptors (Lipinski definition) is 5. The summed E-state index contributed by atoms with van der Waals surface area (Å²) >= 11 is 0. The fourth-order valence-electron chi connectivity index (χ4n) is 4.25. The van der Waals surface area contributed by atoms with Gasteiger partial charge in [0.25, 0.3) is 0 Å². The molecule has 2 saturated heterocycles. The first-order valence-corrected chi connectivity index (χ1v) is 10.7. The number of hydrogen-bond donors (Lipinski definition) is 1. The van der Waals surface area contributed by atoms with Crippen LogP contribution in [0.1, 0.15) is 18.1 Å². The number of benzene rings is 1. The summed E-state index contributed by atoms with van der Waals surface area (Å²) in [6.45, 7) is 7.73. The van der Waals surface area contributed by atoms with Crippen LogP contribution in [0, 0.1) is 0 Å². The molecule has 1 aromatic carbocycles. The second-order valence-corrected chi connectivity index (χ2v) is 7.67. The Balaban J connectivity index is 1.37. The van der Waals surface area contributed by atoms with Crippen LogP contribution in [0.5, 0.6) is 5.88 Å². The van der Waals surface area contributed by atoms with E-state index in [4.69, 9.17) is 9.47 Å². The molecule has 0 spiro atoms. The number of aliphatic imine (C=N–C) groups is 1. The minimum Gasteiger partial charge on any atom is -0.478 e. The molecule has 1 aromatic heterocycles.